The first-order chi connectivity index (χ1) is 3.39. The molecule has 0 heterocycles. The zero-order valence-electron chi connectivity index (χ0n) is 6.51. The van der Waals surface area contributed by atoms with Gasteiger partial charge in [0, 0.05) is 0 Å². The molecule has 0 N–H and O–H groups in total. The van der Waals surface area contributed by atoms with Crippen LogP contribution in [0.25, 0.3) is 0 Å². The summed E-state index contributed by atoms with van der Waals surface area (Å²) < 4.78 is 0. The van der Waals surface area contributed by atoms with Gasteiger partial charge >= 0.3 is 17.4 Å². The third-order valence-corrected chi connectivity index (χ3v) is 0.940. The van der Waals surface area contributed by atoms with Crippen molar-refractivity contribution in [2.45, 2.75) is 6.92 Å². The molecule has 1 rings (SSSR count). The fourth-order valence-electron chi connectivity index (χ4n) is 0.534. The molecule has 0 nitrogen and oxygen atoms in total. The third-order valence-electron chi connectivity index (χ3n) is 0.940. The summed E-state index contributed by atoms with van der Waals surface area (Å²) in [6.45, 7) is 2.08. The summed E-state index contributed by atoms with van der Waals surface area (Å²) in [5, 5.41) is 0. The molecule has 0 aliphatic rings. The van der Waals surface area contributed by atoms with E-state index in [4.69, 9.17) is 0 Å². The second-order valence-electron chi connectivity index (χ2n) is 1.65. The second-order valence-corrected chi connectivity index (χ2v) is 1.65. The van der Waals surface area contributed by atoms with E-state index in [0.29, 0.717) is 0 Å². The van der Waals surface area contributed by atoms with E-state index in [1.54, 1.807) is 0 Å². The molecular weight excluding hydrogens is 253 g/mol. The Kier molecular flexibility index (Phi) is 43.6. The molecule has 0 aromatic heterocycles. The maximum Gasteiger partial charge on any atom is 3.00 e. The van der Waals surface area contributed by atoms with Crippen LogP contribution in [0, 0.1) is 6.92 Å². The summed E-state index contributed by atoms with van der Waals surface area (Å²) in [5.41, 5.74) is 1.32. The predicted molar refractivity (Wildman–Crippen MR) is 44.2 cm³/mol. The molecule has 0 saturated carbocycles. The Morgan fingerprint density at radius 2 is 1.17 bits per heavy atom. The van der Waals surface area contributed by atoms with Gasteiger partial charge in [-0.3, -0.25) is 0 Å². The van der Waals surface area contributed by atoms with Crippen molar-refractivity contribution in [3.05, 3.63) is 35.9 Å². The SMILES string of the molecule is Cc1ccccc1.Cl.[Al+3].[Cl-].[Cl-].[Cl-]. The summed E-state index contributed by atoms with van der Waals surface area (Å²) in [5.74, 6) is 0. The molecule has 0 atom stereocenters. The smallest absolute Gasteiger partial charge is 1.00 e. The molecule has 0 aliphatic heterocycles. The molecule has 1 aromatic rings. The second kappa shape index (κ2) is 17.9. The molecule has 0 radical (unpaired) electrons. The van der Waals surface area contributed by atoms with Crippen molar-refractivity contribution in [2.24, 2.45) is 0 Å². The fraction of sp³-hybridized carbons (Fsp3) is 0.143. The van der Waals surface area contributed by atoms with Gasteiger partial charge in [-0.05, 0) is 6.92 Å². The minimum atomic E-state index is 0. The van der Waals surface area contributed by atoms with Crippen molar-refractivity contribution in [3.63, 3.8) is 0 Å². The van der Waals surface area contributed by atoms with Gasteiger partial charge in [0.15, 0.2) is 0 Å². The molecule has 5 heteroatoms. The van der Waals surface area contributed by atoms with E-state index in [-0.39, 0.29) is 67.0 Å². The van der Waals surface area contributed by atoms with Crippen LogP contribution in [0.5, 0.6) is 0 Å². The molecule has 1 aromatic carbocycles. The molecule has 0 saturated heterocycles. The van der Waals surface area contributed by atoms with Crippen molar-refractivity contribution >= 4 is 29.8 Å². The van der Waals surface area contributed by atoms with Crippen LogP contribution in [-0.2, 0) is 0 Å². The van der Waals surface area contributed by atoms with Gasteiger partial charge in [0.1, 0.15) is 0 Å². The molecular formula is C7H9AlCl4. The molecule has 0 fully saturated rings. The Balaban J connectivity index is -0.0000000327. The molecule has 12 heavy (non-hydrogen) atoms. The summed E-state index contributed by atoms with van der Waals surface area (Å²) in [6.07, 6.45) is 0. The van der Waals surface area contributed by atoms with E-state index in [1.807, 2.05) is 18.2 Å². The van der Waals surface area contributed by atoms with E-state index in [1.165, 1.54) is 5.56 Å². The van der Waals surface area contributed by atoms with E-state index in [0.717, 1.165) is 0 Å². The van der Waals surface area contributed by atoms with Gasteiger partial charge in [0.25, 0.3) is 0 Å². The Bertz CT molecular complexity index is 145. The fourth-order valence-corrected chi connectivity index (χ4v) is 0.534. The van der Waals surface area contributed by atoms with E-state index < -0.39 is 0 Å². The number of benzene rings is 1. The van der Waals surface area contributed by atoms with Crippen molar-refractivity contribution in [3.8, 4) is 0 Å². The summed E-state index contributed by atoms with van der Waals surface area (Å²) in [4.78, 5) is 0. The van der Waals surface area contributed by atoms with Crippen molar-refractivity contribution < 1.29 is 37.2 Å². The van der Waals surface area contributed by atoms with Gasteiger partial charge in [-0.15, -0.1) is 12.4 Å². The van der Waals surface area contributed by atoms with Crippen molar-refractivity contribution in [1.29, 1.82) is 0 Å². The number of hydrogen-bond donors (Lipinski definition) is 0. The van der Waals surface area contributed by atoms with E-state index >= 15 is 0 Å². The van der Waals surface area contributed by atoms with Crippen LogP contribution in [0.4, 0.5) is 0 Å². The predicted octanol–water partition coefficient (Wildman–Crippen LogP) is -6.95. The first-order valence-electron chi connectivity index (χ1n) is 2.41. The molecule has 0 spiro atoms. The summed E-state index contributed by atoms with van der Waals surface area (Å²) in [7, 11) is 0. The Morgan fingerprint density at radius 1 is 0.833 bits per heavy atom. The maximum absolute atomic E-state index is 2.08. The van der Waals surface area contributed by atoms with E-state index in [2.05, 4.69) is 19.1 Å². The maximum atomic E-state index is 2.08. The first-order valence-corrected chi connectivity index (χ1v) is 2.41. The average molecular weight is 262 g/mol. The first kappa shape index (κ1) is 29.3. The van der Waals surface area contributed by atoms with Crippen LogP contribution in [0.1, 0.15) is 5.56 Å². The standard InChI is InChI=1S/C7H8.Al.4ClH/c1-7-5-3-2-4-6-7;;;;;/h2-6H,1H3;;4*1H/q;+3;;;;/p-3. The van der Waals surface area contributed by atoms with Crippen molar-refractivity contribution in [1.82, 2.24) is 0 Å². The van der Waals surface area contributed by atoms with Crippen LogP contribution < -0.4 is 37.2 Å². The van der Waals surface area contributed by atoms with Gasteiger partial charge in [-0.1, -0.05) is 35.9 Å². The Morgan fingerprint density at radius 3 is 1.33 bits per heavy atom. The Labute approximate surface area is 109 Å². The van der Waals surface area contributed by atoms with Gasteiger partial charge in [-0.25, -0.2) is 0 Å². The number of rotatable bonds is 0. The number of aryl methyl sites for hydroxylation is 1. The Hall–Kier alpha value is 0.912. The molecule has 68 valence electrons. The number of hydrogen-bond acceptors (Lipinski definition) is 0. The van der Waals surface area contributed by atoms with Gasteiger partial charge in [-0.2, -0.15) is 0 Å². The van der Waals surface area contributed by atoms with Gasteiger partial charge in [0.05, 0.1) is 0 Å². The van der Waals surface area contributed by atoms with Crippen LogP contribution >= 0.6 is 12.4 Å². The van der Waals surface area contributed by atoms with Gasteiger partial charge < -0.3 is 37.2 Å². The minimum absolute atomic E-state index is 0. The zero-order chi connectivity index (χ0) is 5.11. The summed E-state index contributed by atoms with van der Waals surface area (Å²) >= 11 is 0. The topological polar surface area (TPSA) is 0 Å². The number of halogens is 4. The molecule has 0 unspecified atom stereocenters. The van der Waals surface area contributed by atoms with Crippen molar-refractivity contribution in [2.75, 3.05) is 0 Å². The van der Waals surface area contributed by atoms with Crippen LogP contribution in [0.2, 0.25) is 0 Å². The third kappa shape index (κ3) is 13.5. The summed E-state index contributed by atoms with van der Waals surface area (Å²) in [6, 6.07) is 10.3. The van der Waals surface area contributed by atoms with E-state index in [9.17, 15) is 0 Å². The monoisotopic (exact) mass is 260 g/mol. The van der Waals surface area contributed by atoms with Crippen LogP contribution in [-0.4, -0.2) is 17.4 Å². The molecule has 0 bridgehead atoms. The van der Waals surface area contributed by atoms with Gasteiger partial charge in [0.2, 0.25) is 0 Å². The normalized spacial score (nSPS) is 5.08. The molecule has 0 amide bonds. The van der Waals surface area contributed by atoms with Crippen LogP contribution in [0.15, 0.2) is 30.3 Å². The minimum Gasteiger partial charge on any atom is -1.00 e. The largest absolute Gasteiger partial charge is 3.00 e. The average Bonchev–Trinajstić information content (AvgIpc) is 1.69. The quantitative estimate of drug-likeness (QED) is 0.408. The van der Waals surface area contributed by atoms with Crippen LogP contribution in [0.3, 0.4) is 0 Å². The zero-order valence-corrected chi connectivity index (χ0v) is 10.7. The molecule has 0 aliphatic carbocycles.